The number of imidazole rings is 1. The van der Waals surface area contributed by atoms with E-state index in [4.69, 9.17) is 0 Å². The van der Waals surface area contributed by atoms with Crippen LogP contribution in [0.4, 0.5) is 0 Å². The first-order valence-electron chi connectivity index (χ1n) is 7.59. The molecule has 2 heterocycles. The molecular weight excluding hydrogens is 238 g/mol. The molecule has 0 N–H and O–H groups in total. The summed E-state index contributed by atoms with van der Waals surface area (Å²) in [6, 6.07) is 0. The Balaban J connectivity index is 1.94. The van der Waals surface area contributed by atoms with E-state index in [9.17, 15) is 4.79 Å². The minimum atomic E-state index is -0.241. The first-order valence-corrected chi connectivity index (χ1v) is 7.59. The molecule has 0 aromatic carbocycles. The fourth-order valence-electron chi connectivity index (χ4n) is 3.77. The van der Waals surface area contributed by atoms with E-state index < -0.39 is 0 Å². The Morgan fingerprint density at radius 1 is 1.26 bits per heavy atom. The number of Topliss-reactive ketones (excluding diaryl/α,β-unsaturated/α-hetero) is 1. The van der Waals surface area contributed by atoms with Crippen molar-refractivity contribution in [2.75, 3.05) is 13.1 Å². The van der Waals surface area contributed by atoms with Crippen molar-refractivity contribution >= 4 is 5.78 Å². The molecule has 1 saturated heterocycles. The zero-order chi connectivity index (χ0) is 13.3. The molecule has 1 aromatic heterocycles. The fourth-order valence-corrected chi connectivity index (χ4v) is 3.77. The molecule has 2 fully saturated rings. The summed E-state index contributed by atoms with van der Waals surface area (Å²) in [5.41, 5.74) is -0.241. The van der Waals surface area contributed by atoms with Crippen LogP contribution >= 0.6 is 0 Å². The Labute approximate surface area is 114 Å². The van der Waals surface area contributed by atoms with Gasteiger partial charge in [0.05, 0.1) is 5.54 Å². The van der Waals surface area contributed by atoms with Gasteiger partial charge >= 0.3 is 0 Å². The second kappa shape index (κ2) is 5.08. The minimum Gasteiger partial charge on any atom is -0.329 e. The summed E-state index contributed by atoms with van der Waals surface area (Å²) < 4.78 is 1.98. The molecule has 104 valence electrons. The van der Waals surface area contributed by atoms with Crippen molar-refractivity contribution in [2.45, 2.75) is 57.5 Å². The van der Waals surface area contributed by atoms with E-state index >= 15 is 0 Å². The van der Waals surface area contributed by atoms with Gasteiger partial charge in [0.15, 0.2) is 5.82 Å². The Hall–Kier alpha value is -1.16. The number of carbonyl (C=O) groups excluding carboxylic acids is 1. The van der Waals surface area contributed by atoms with Crippen LogP contribution in [0.5, 0.6) is 0 Å². The third-order valence-corrected chi connectivity index (χ3v) is 4.82. The van der Waals surface area contributed by atoms with Crippen molar-refractivity contribution in [2.24, 2.45) is 0 Å². The Bertz CT molecular complexity index is 454. The molecule has 1 aliphatic heterocycles. The zero-order valence-corrected chi connectivity index (χ0v) is 11.8. The van der Waals surface area contributed by atoms with Crippen molar-refractivity contribution in [3.8, 4) is 0 Å². The molecule has 0 bridgehead atoms. The average Bonchev–Trinajstić information content (AvgIpc) is 3.16. The van der Waals surface area contributed by atoms with Gasteiger partial charge in [-0.15, -0.1) is 0 Å². The second-order valence-corrected chi connectivity index (χ2v) is 5.80. The van der Waals surface area contributed by atoms with Gasteiger partial charge in [0.2, 0.25) is 5.78 Å². The SMILES string of the molecule is CCn1ccnc1C(=O)C1(N2CCCC2)CCCC1. The van der Waals surface area contributed by atoms with E-state index in [1.165, 1.54) is 25.7 Å². The number of nitrogens with zero attached hydrogens (tertiary/aromatic N) is 3. The third-order valence-electron chi connectivity index (χ3n) is 4.82. The lowest BCUT2D eigenvalue weighted by Crippen LogP contribution is -2.52. The molecule has 2 aliphatic rings. The highest BCUT2D eigenvalue weighted by atomic mass is 16.1. The summed E-state index contributed by atoms with van der Waals surface area (Å²) in [6.45, 7) is 5.05. The van der Waals surface area contributed by atoms with Crippen LogP contribution in [-0.4, -0.2) is 38.9 Å². The quantitative estimate of drug-likeness (QED) is 0.782. The highest BCUT2D eigenvalue weighted by molar-refractivity contribution is 6.00. The third kappa shape index (κ3) is 2.02. The standard InChI is InChI=1S/C15H23N3O/c1-2-17-12-9-16-14(17)13(19)15(7-3-4-8-15)18-10-5-6-11-18/h9,12H,2-8,10-11H2,1H3. The van der Waals surface area contributed by atoms with E-state index in [0.717, 1.165) is 32.5 Å². The molecule has 0 spiro atoms. The number of rotatable bonds is 4. The van der Waals surface area contributed by atoms with Crippen molar-refractivity contribution in [1.82, 2.24) is 14.5 Å². The summed E-state index contributed by atoms with van der Waals surface area (Å²) in [4.78, 5) is 19.8. The van der Waals surface area contributed by atoms with Crippen LogP contribution < -0.4 is 0 Å². The molecule has 1 aromatic rings. The lowest BCUT2D eigenvalue weighted by Gasteiger charge is -2.37. The summed E-state index contributed by atoms with van der Waals surface area (Å²) in [5, 5.41) is 0. The normalized spacial score (nSPS) is 23.0. The van der Waals surface area contributed by atoms with Gasteiger partial charge < -0.3 is 4.57 Å². The highest BCUT2D eigenvalue weighted by Gasteiger charge is 2.48. The Morgan fingerprint density at radius 3 is 2.58 bits per heavy atom. The molecule has 4 heteroatoms. The molecule has 19 heavy (non-hydrogen) atoms. The van der Waals surface area contributed by atoms with Crippen LogP contribution in [-0.2, 0) is 6.54 Å². The summed E-state index contributed by atoms with van der Waals surface area (Å²) in [7, 11) is 0. The molecule has 0 unspecified atom stereocenters. The van der Waals surface area contributed by atoms with E-state index in [1.54, 1.807) is 6.20 Å². The first kappa shape index (κ1) is 12.9. The lowest BCUT2D eigenvalue weighted by atomic mass is 9.89. The lowest BCUT2D eigenvalue weighted by molar-refractivity contribution is 0.0610. The van der Waals surface area contributed by atoms with Crippen molar-refractivity contribution in [3.05, 3.63) is 18.2 Å². The smallest absolute Gasteiger partial charge is 0.218 e. The number of ketones is 1. The molecular formula is C15H23N3O. The van der Waals surface area contributed by atoms with Crippen molar-refractivity contribution in [3.63, 3.8) is 0 Å². The summed E-state index contributed by atoms with van der Waals surface area (Å²) in [5.74, 6) is 0.926. The molecule has 0 radical (unpaired) electrons. The Kier molecular flexibility index (Phi) is 3.44. The molecule has 0 amide bonds. The van der Waals surface area contributed by atoms with Crippen LogP contribution in [0.15, 0.2) is 12.4 Å². The predicted octanol–water partition coefficient (Wildman–Crippen LogP) is 2.49. The molecule has 1 aliphatic carbocycles. The number of hydrogen-bond donors (Lipinski definition) is 0. The van der Waals surface area contributed by atoms with Gasteiger partial charge in [-0.3, -0.25) is 9.69 Å². The summed E-state index contributed by atoms with van der Waals surface area (Å²) >= 11 is 0. The van der Waals surface area contributed by atoms with Gasteiger partial charge in [-0.05, 0) is 45.7 Å². The zero-order valence-electron chi connectivity index (χ0n) is 11.8. The van der Waals surface area contributed by atoms with Crippen LogP contribution in [0.2, 0.25) is 0 Å². The number of hydrogen-bond acceptors (Lipinski definition) is 3. The van der Waals surface area contributed by atoms with Gasteiger partial charge in [0.25, 0.3) is 0 Å². The summed E-state index contributed by atoms with van der Waals surface area (Å²) in [6.07, 6.45) is 10.5. The number of aromatic nitrogens is 2. The van der Waals surface area contributed by atoms with Gasteiger partial charge in [0.1, 0.15) is 0 Å². The van der Waals surface area contributed by atoms with Gasteiger partial charge in [0, 0.05) is 18.9 Å². The van der Waals surface area contributed by atoms with Crippen molar-refractivity contribution in [1.29, 1.82) is 0 Å². The largest absolute Gasteiger partial charge is 0.329 e. The number of carbonyl (C=O) groups is 1. The van der Waals surface area contributed by atoms with Crippen LogP contribution in [0.1, 0.15) is 56.1 Å². The first-order chi connectivity index (χ1) is 9.28. The fraction of sp³-hybridized carbons (Fsp3) is 0.733. The van der Waals surface area contributed by atoms with Gasteiger partial charge in [-0.1, -0.05) is 12.8 Å². The second-order valence-electron chi connectivity index (χ2n) is 5.80. The molecule has 0 atom stereocenters. The van der Waals surface area contributed by atoms with E-state index in [2.05, 4.69) is 16.8 Å². The number of aryl methyl sites for hydroxylation is 1. The molecule has 4 nitrogen and oxygen atoms in total. The van der Waals surface area contributed by atoms with E-state index in [0.29, 0.717) is 5.82 Å². The maximum atomic E-state index is 13.1. The van der Waals surface area contributed by atoms with Crippen LogP contribution in [0.3, 0.4) is 0 Å². The minimum absolute atomic E-state index is 0.241. The maximum absolute atomic E-state index is 13.1. The molecule has 3 rings (SSSR count). The average molecular weight is 261 g/mol. The Morgan fingerprint density at radius 2 is 1.95 bits per heavy atom. The van der Waals surface area contributed by atoms with Crippen LogP contribution in [0.25, 0.3) is 0 Å². The number of likely N-dealkylation sites (tertiary alicyclic amines) is 1. The monoisotopic (exact) mass is 261 g/mol. The topological polar surface area (TPSA) is 38.1 Å². The maximum Gasteiger partial charge on any atom is 0.218 e. The molecule has 1 saturated carbocycles. The van der Waals surface area contributed by atoms with Gasteiger partial charge in [-0.25, -0.2) is 4.98 Å². The highest BCUT2D eigenvalue weighted by Crippen LogP contribution is 2.39. The van der Waals surface area contributed by atoms with Crippen LogP contribution in [0, 0.1) is 0 Å². The van der Waals surface area contributed by atoms with E-state index in [-0.39, 0.29) is 11.3 Å². The van der Waals surface area contributed by atoms with Crippen molar-refractivity contribution < 1.29 is 4.79 Å². The van der Waals surface area contributed by atoms with E-state index in [1.807, 2.05) is 10.8 Å². The van der Waals surface area contributed by atoms with Gasteiger partial charge in [-0.2, -0.15) is 0 Å². The predicted molar refractivity (Wildman–Crippen MR) is 74.2 cm³/mol.